The average Bonchev–Trinajstić information content (AvgIpc) is 2.49. The Morgan fingerprint density at radius 3 is 2.33 bits per heavy atom. The molecule has 21 heavy (non-hydrogen) atoms. The van der Waals surface area contributed by atoms with E-state index in [1.54, 1.807) is 7.05 Å². The topological polar surface area (TPSA) is 53.2 Å². The summed E-state index contributed by atoms with van der Waals surface area (Å²) in [5.41, 5.74) is 5.64. The fraction of sp³-hybridized carbons (Fsp3) is 0.235. The Bertz CT molecular complexity index is 620. The highest BCUT2D eigenvalue weighted by Crippen LogP contribution is 2.16. The zero-order chi connectivity index (χ0) is 15.2. The summed E-state index contributed by atoms with van der Waals surface area (Å²) in [6, 6.07) is 13.9. The van der Waals surface area contributed by atoms with Crippen LogP contribution in [0, 0.1) is 13.8 Å². The van der Waals surface area contributed by atoms with Crippen LogP contribution in [0.15, 0.2) is 42.5 Å². The predicted molar refractivity (Wildman–Crippen MR) is 87.8 cm³/mol. The maximum absolute atomic E-state index is 11.2. The molecule has 0 bridgehead atoms. The van der Waals surface area contributed by atoms with Gasteiger partial charge in [-0.15, -0.1) is 0 Å². The molecular formula is C17H21N3O. The molecule has 0 aromatic heterocycles. The molecule has 0 atom stereocenters. The van der Waals surface area contributed by atoms with Gasteiger partial charge in [-0.25, -0.2) is 4.79 Å². The van der Waals surface area contributed by atoms with Crippen LogP contribution >= 0.6 is 0 Å². The molecular weight excluding hydrogens is 262 g/mol. The molecule has 0 spiro atoms. The van der Waals surface area contributed by atoms with E-state index in [-0.39, 0.29) is 6.03 Å². The van der Waals surface area contributed by atoms with Gasteiger partial charge < -0.3 is 16.0 Å². The zero-order valence-corrected chi connectivity index (χ0v) is 12.7. The lowest BCUT2D eigenvalue weighted by molar-refractivity contribution is 0.254. The standard InChI is InChI=1S/C17H21N3O/c1-12-4-5-13(2)14(10-12)11-19-15-6-8-16(9-7-15)20-17(21)18-3/h4-10,19H,11H2,1-3H3,(H2,18,20,21). The molecule has 0 saturated carbocycles. The Hall–Kier alpha value is -2.49. The normalized spacial score (nSPS) is 10.0. The minimum atomic E-state index is -0.217. The number of hydrogen-bond donors (Lipinski definition) is 3. The lowest BCUT2D eigenvalue weighted by atomic mass is 10.1. The number of amides is 2. The summed E-state index contributed by atoms with van der Waals surface area (Å²) in [5.74, 6) is 0. The van der Waals surface area contributed by atoms with Crippen molar-refractivity contribution >= 4 is 17.4 Å². The van der Waals surface area contributed by atoms with Crippen LogP contribution in [0.3, 0.4) is 0 Å². The summed E-state index contributed by atoms with van der Waals surface area (Å²) >= 11 is 0. The molecule has 0 unspecified atom stereocenters. The molecule has 3 N–H and O–H groups in total. The maximum Gasteiger partial charge on any atom is 0.318 e. The maximum atomic E-state index is 11.2. The summed E-state index contributed by atoms with van der Waals surface area (Å²) in [4.78, 5) is 11.2. The quantitative estimate of drug-likeness (QED) is 0.802. The molecule has 0 aliphatic heterocycles. The average molecular weight is 283 g/mol. The van der Waals surface area contributed by atoms with E-state index in [9.17, 15) is 4.79 Å². The Kier molecular flexibility index (Phi) is 4.82. The van der Waals surface area contributed by atoms with Gasteiger partial charge in [-0.3, -0.25) is 0 Å². The molecule has 2 aromatic carbocycles. The van der Waals surface area contributed by atoms with Crippen LogP contribution in [0.4, 0.5) is 16.2 Å². The largest absolute Gasteiger partial charge is 0.381 e. The first-order valence-electron chi connectivity index (χ1n) is 6.97. The second-order valence-corrected chi connectivity index (χ2v) is 5.06. The van der Waals surface area contributed by atoms with Gasteiger partial charge in [0, 0.05) is 25.0 Å². The summed E-state index contributed by atoms with van der Waals surface area (Å²) < 4.78 is 0. The van der Waals surface area contributed by atoms with Crippen molar-refractivity contribution in [2.45, 2.75) is 20.4 Å². The van der Waals surface area contributed by atoms with Gasteiger partial charge >= 0.3 is 6.03 Å². The summed E-state index contributed by atoms with van der Waals surface area (Å²) in [7, 11) is 1.59. The number of rotatable bonds is 4. The molecule has 110 valence electrons. The van der Waals surface area contributed by atoms with E-state index in [2.05, 4.69) is 48.0 Å². The van der Waals surface area contributed by atoms with E-state index in [1.807, 2.05) is 24.3 Å². The molecule has 0 radical (unpaired) electrons. The number of urea groups is 1. The van der Waals surface area contributed by atoms with Gasteiger partial charge in [-0.05, 0) is 49.2 Å². The Labute approximate surface area is 125 Å². The molecule has 0 aliphatic rings. The molecule has 2 amide bonds. The highest BCUT2D eigenvalue weighted by molar-refractivity contribution is 5.89. The Morgan fingerprint density at radius 1 is 1.00 bits per heavy atom. The Balaban J connectivity index is 1.97. The summed E-state index contributed by atoms with van der Waals surface area (Å²) in [6.07, 6.45) is 0. The first-order chi connectivity index (χ1) is 10.1. The monoisotopic (exact) mass is 283 g/mol. The van der Waals surface area contributed by atoms with Crippen molar-refractivity contribution in [3.05, 3.63) is 59.2 Å². The fourth-order valence-corrected chi connectivity index (χ4v) is 2.05. The van der Waals surface area contributed by atoms with E-state index in [1.165, 1.54) is 16.7 Å². The second kappa shape index (κ2) is 6.79. The Morgan fingerprint density at radius 2 is 1.67 bits per heavy atom. The van der Waals surface area contributed by atoms with Gasteiger partial charge in [0.2, 0.25) is 0 Å². The van der Waals surface area contributed by atoms with Gasteiger partial charge in [-0.1, -0.05) is 23.8 Å². The van der Waals surface area contributed by atoms with E-state index in [0.29, 0.717) is 0 Å². The minimum Gasteiger partial charge on any atom is -0.381 e. The van der Waals surface area contributed by atoms with E-state index >= 15 is 0 Å². The van der Waals surface area contributed by atoms with Crippen LogP contribution < -0.4 is 16.0 Å². The van der Waals surface area contributed by atoms with Crippen LogP contribution in [-0.4, -0.2) is 13.1 Å². The first-order valence-corrected chi connectivity index (χ1v) is 6.97. The van der Waals surface area contributed by atoms with Crippen LogP contribution in [0.2, 0.25) is 0 Å². The smallest absolute Gasteiger partial charge is 0.318 e. The molecule has 0 saturated heterocycles. The number of anilines is 2. The zero-order valence-electron chi connectivity index (χ0n) is 12.7. The van der Waals surface area contributed by atoms with Gasteiger partial charge in [-0.2, -0.15) is 0 Å². The van der Waals surface area contributed by atoms with Crippen LogP contribution in [0.5, 0.6) is 0 Å². The van der Waals surface area contributed by atoms with Crippen molar-refractivity contribution in [3.63, 3.8) is 0 Å². The van der Waals surface area contributed by atoms with Gasteiger partial charge in [0.15, 0.2) is 0 Å². The van der Waals surface area contributed by atoms with E-state index in [4.69, 9.17) is 0 Å². The minimum absolute atomic E-state index is 0.217. The van der Waals surface area contributed by atoms with Crippen molar-refractivity contribution in [3.8, 4) is 0 Å². The first kappa shape index (κ1) is 14.9. The third-order valence-corrected chi connectivity index (χ3v) is 3.36. The number of nitrogens with one attached hydrogen (secondary N) is 3. The van der Waals surface area contributed by atoms with Crippen molar-refractivity contribution < 1.29 is 4.79 Å². The highest BCUT2D eigenvalue weighted by Gasteiger charge is 2.01. The van der Waals surface area contributed by atoms with Gasteiger partial charge in [0.1, 0.15) is 0 Å². The van der Waals surface area contributed by atoms with Crippen LogP contribution in [0.1, 0.15) is 16.7 Å². The number of benzene rings is 2. The van der Waals surface area contributed by atoms with Crippen LogP contribution in [-0.2, 0) is 6.54 Å². The molecule has 4 nitrogen and oxygen atoms in total. The lowest BCUT2D eigenvalue weighted by Gasteiger charge is -2.11. The van der Waals surface area contributed by atoms with Gasteiger partial charge in [0.25, 0.3) is 0 Å². The predicted octanol–water partition coefficient (Wildman–Crippen LogP) is 3.67. The van der Waals surface area contributed by atoms with Crippen molar-refractivity contribution in [2.75, 3.05) is 17.7 Å². The van der Waals surface area contributed by atoms with E-state index in [0.717, 1.165) is 17.9 Å². The van der Waals surface area contributed by atoms with Gasteiger partial charge in [0.05, 0.1) is 0 Å². The van der Waals surface area contributed by atoms with Crippen molar-refractivity contribution in [2.24, 2.45) is 0 Å². The lowest BCUT2D eigenvalue weighted by Crippen LogP contribution is -2.24. The molecule has 2 aromatic rings. The number of carbonyl (C=O) groups is 1. The van der Waals surface area contributed by atoms with Crippen LogP contribution in [0.25, 0.3) is 0 Å². The fourth-order valence-electron chi connectivity index (χ4n) is 2.05. The highest BCUT2D eigenvalue weighted by atomic mass is 16.2. The summed E-state index contributed by atoms with van der Waals surface area (Å²) in [6.45, 7) is 5.00. The number of carbonyl (C=O) groups excluding carboxylic acids is 1. The SMILES string of the molecule is CNC(=O)Nc1ccc(NCc2cc(C)ccc2C)cc1. The third-order valence-electron chi connectivity index (χ3n) is 3.36. The van der Waals surface area contributed by atoms with E-state index < -0.39 is 0 Å². The molecule has 0 heterocycles. The summed E-state index contributed by atoms with van der Waals surface area (Å²) in [5, 5.41) is 8.65. The van der Waals surface area contributed by atoms with Crippen molar-refractivity contribution in [1.29, 1.82) is 0 Å². The van der Waals surface area contributed by atoms with Crippen molar-refractivity contribution in [1.82, 2.24) is 5.32 Å². The molecule has 0 aliphatic carbocycles. The molecule has 0 fully saturated rings. The molecule has 2 rings (SSSR count). The molecule has 4 heteroatoms. The number of aryl methyl sites for hydroxylation is 2. The number of hydrogen-bond acceptors (Lipinski definition) is 2. The second-order valence-electron chi connectivity index (χ2n) is 5.06. The third kappa shape index (κ3) is 4.24.